The smallest absolute Gasteiger partial charge is 0.331 e. The van der Waals surface area contributed by atoms with Gasteiger partial charge in [0.2, 0.25) is 5.88 Å². The van der Waals surface area contributed by atoms with Crippen molar-refractivity contribution in [3.63, 3.8) is 0 Å². The summed E-state index contributed by atoms with van der Waals surface area (Å²) in [6.45, 7) is -0.877. The molecular formula is C22H21Cl2FN8O4. The monoisotopic (exact) mass is 550 g/mol. The van der Waals surface area contributed by atoms with Gasteiger partial charge in [-0.1, -0.05) is 11.6 Å². The lowest BCUT2D eigenvalue weighted by Crippen LogP contribution is -2.23. The van der Waals surface area contributed by atoms with Crippen molar-refractivity contribution in [3.05, 3.63) is 68.2 Å². The predicted octanol–water partition coefficient (Wildman–Crippen LogP) is 0.953. The summed E-state index contributed by atoms with van der Waals surface area (Å²) in [5.74, 6) is -1.41. The number of ether oxygens (including phenoxy) is 1. The van der Waals surface area contributed by atoms with E-state index in [9.17, 15) is 19.1 Å². The standard InChI is InChI=1S/C22H20ClFN8O4.ClH/c23-12-1-4-14(24)15(6-12)28-17-7-18(27-13-2-3-13)32-20(30-17)11(9-26-32)5-16-21(34)31(22(35)29-16)10-36-19(33)8-25;/h1,4-7,9,13,28,34H,2-3,8,10,25H2,(H,29,35);1H. The maximum Gasteiger partial charge on any atom is 0.331 e. The molecule has 194 valence electrons. The molecule has 12 nitrogen and oxygen atoms in total. The van der Waals surface area contributed by atoms with Gasteiger partial charge in [0.05, 0.1) is 24.5 Å². The van der Waals surface area contributed by atoms with Crippen molar-refractivity contribution in [2.75, 3.05) is 11.9 Å². The zero-order valence-electron chi connectivity index (χ0n) is 19.0. The summed E-state index contributed by atoms with van der Waals surface area (Å²) in [5, 5.41) is 18.5. The molecule has 1 aromatic carbocycles. The molecule has 3 aromatic heterocycles. The van der Waals surface area contributed by atoms with Gasteiger partial charge in [-0.05, 0) is 37.1 Å². The Morgan fingerprint density at radius 3 is 2.92 bits per heavy atom. The number of anilines is 2. The highest BCUT2D eigenvalue weighted by molar-refractivity contribution is 6.30. The molecule has 0 amide bonds. The van der Waals surface area contributed by atoms with Crippen molar-refractivity contribution in [2.45, 2.75) is 25.6 Å². The molecule has 37 heavy (non-hydrogen) atoms. The lowest BCUT2D eigenvalue weighted by Gasteiger charge is -2.08. The molecule has 1 aliphatic carbocycles. The Morgan fingerprint density at radius 2 is 2.19 bits per heavy atom. The summed E-state index contributed by atoms with van der Waals surface area (Å²) in [5.41, 5.74) is 5.50. The maximum atomic E-state index is 14.3. The van der Waals surface area contributed by atoms with E-state index in [2.05, 4.69) is 25.4 Å². The topological polar surface area (TPSA) is 165 Å². The van der Waals surface area contributed by atoms with Crippen LogP contribution in [0.25, 0.3) is 11.7 Å². The first-order valence-corrected chi connectivity index (χ1v) is 11.2. The van der Waals surface area contributed by atoms with Gasteiger partial charge in [0.25, 0.3) is 0 Å². The summed E-state index contributed by atoms with van der Waals surface area (Å²) in [6, 6.07) is 5.92. The molecule has 0 bridgehead atoms. The largest absolute Gasteiger partial charge is 0.493 e. The van der Waals surface area contributed by atoms with Crippen LogP contribution >= 0.6 is 24.0 Å². The first-order chi connectivity index (χ1) is 17.3. The van der Waals surface area contributed by atoms with E-state index in [4.69, 9.17) is 22.1 Å². The summed E-state index contributed by atoms with van der Waals surface area (Å²) >= 11 is 6.01. The average Bonchev–Trinajstić information content (AvgIpc) is 3.52. The molecular weight excluding hydrogens is 530 g/mol. The molecule has 0 unspecified atom stereocenters. The van der Waals surface area contributed by atoms with Crippen molar-refractivity contribution in [2.24, 2.45) is 10.7 Å². The van der Waals surface area contributed by atoms with Gasteiger partial charge < -0.3 is 25.9 Å². The van der Waals surface area contributed by atoms with E-state index in [0.29, 0.717) is 27.2 Å². The van der Waals surface area contributed by atoms with Crippen LogP contribution in [0.4, 0.5) is 15.9 Å². The minimum Gasteiger partial charge on any atom is -0.493 e. The summed E-state index contributed by atoms with van der Waals surface area (Å²) < 4.78 is 21.5. The van der Waals surface area contributed by atoms with E-state index in [1.165, 1.54) is 35.0 Å². The predicted molar refractivity (Wildman–Crippen MR) is 134 cm³/mol. The number of aromatic hydroxyl groups is 1. The Morgan fingerprint density at radius 1 is 1.41 bits per heavy atom. The molecule has 15 heteroatoms. The average molecular weight is 551 g/mol. The fourth-order valence-electron chi connectivity index (χ4n) is 3.40. The molecule has 5 rings (SSSR count). The Hall–Kier alpha value is -3.94. The van der Waals surface area contributed by atoms with Crippen LogP contribution in [0.2, 0.25) is 5.02 Å². The third-order valence-electron chi connectivity index (χ3n) is 5.34. The van der Waals surface area contributed by atoms with E-state index in [1.54, 1.807) is 6.07 Å². The number of imidazole rings is 1. The number of nitrogens with one attached hydrogen (secondary N) is 2. The number of aromatic nitrogens is 5. The second-order valence-electron chi connectivity index (χ2n) is 8.03. The third kappa shape index (κ3) is 5.58. The number of halogens is 3. The zero-order chi connectivity index (χ0) is 25.4. The van der Waals surface area contributed by atoms with Gasteiger partial charge in [-0.15, -0.1) is 12.4 Å². The lowest BCUT2D eigenvalue weighted by molar-refractivity contribution is -0.145. The molecule has 4 aromatic rings. The van der Waals surface area contributed by atoms with Gasteiger partial charge in [-0.3, -0.25) is 9.79 Å². The van der Waals surface area contributed by atoms with E-state index >= 15 is 0 Å². The molecule has 0 spiro atoms. The van der Waals surface area contributed by atoms with Crippen LogP contribution in [0.5, 0.6) is 5.88 Å². The molecule has 0 aliphatic heterocycles. The number of fused-ring (bicyclic) bond motifs is 1. The lowest BCUT2D eigenvalue weighted by atomic mass is 10.3. The number of nitrogens with two attached hydrogens (primary N) is 1. The van der Waals surface area contributed by atoms with Gasteiger partial charge in [0.1, 0.15) is 17.3 Å². The quantitative estimate of drug-likeness (QED) is 0.247. The minimum absolute atomic E-state index is 0. The molecule has 5 N–H and O–H groups in total. The van der Waals surface area contributed by atoms with E-state index in [1.807, 2.05) is 0 Å². The Kier molecular flexibility index (Phi) is 7.47. The van der Waals surface area contributed by atoms with Crippen molar-refractivity contribution in [1.29, 1.82) is 0 Å². The summed E-state index contributed by atoms with van der Waals surface area (Å²) in [6.07, 6.45) is 4.85. The van der Waals surface area contributed by atoms with Gasteiger partial charge >= 0.3 is 11.7 Å². The van der Waals surface area contributed by atoms with Crippen LogP contribution in [0.1, 0.15) is 18.5 Å². The highest BCUT2D eigenvalue weighted by atomic mass is 35.5. The van der Waals surface area contributed by atoms with Crippen molar-refractivity contribution < 1.29 is 19.0 Å². The number of esters is 1. The van der Waals surface area contributed by atoms with Crippen LogP contribution in [0, 0.1) is 5.82 Å². The highest BCUT2D eigenvalue weighted by Gasteiger charge is 2.20. The van der Waals surface area contributed by atoms with E-state index in [-0.39, 0.29) is 36.4 Å². The van der Waals surface area contributed by atoms with Crippen LogP contribution in [0.3, 0.4) is 0 Å². The summed E-state index contributed by atoms with van der Waals surface area (Å²) in [4.78, 5) is 35.3. The Bertz CT molecular complexity index is 1660. The SMILES string of the molecule is Cl.NCC(=O)OCn1c(O)c(C=c2cnn3c(=NC4CC4)cc(Nc4cc(Cl)ccc4F)nc23)[nH]c1=O. The fraction of sp³-hybridized carbons (Fsp3) is 0.227. The number of hydrogen-bond acceptors (Lipinski definition) is 9. The van der Waals surface area contributed by atoms with Crippen molar-refractivity contribution >= 4 is 53.2 Å². The van der Waals surface area contributed by atoms with Crippen LogP contribution < -0.4 is 27.4 Å². The zero-order valence-corrected chi connectivity index (χ0v) is 20.6. The number of rotatable bonds is 7. The molecule has 1 aliphatic rings. The number of H-pyrrole nitrogens is 1. The molecule has 0 radical (unpaired) electrons. The first-order valence-electron chi connectivity index (χ1n) is 10.9. The number of hydrogen-bond donors (Lipinski definition) is 4. The maximum absolute atomic E-state index is 14.3. The molecule has 0 atom stereocenters. The fourth-order valence-corrected chi connectivity index (χ4v) is 3.57. The number of aromatic amines is 1. The Labute approximate surface area is 218 Å². The van der Waals surface area contributed by atoms with Crippen molar-refractivity contribution in [3.8, 4) is 5.88 Å². The Balaban J connectivity index is 0.00000320. The number of nitrogens with zero attached hydrogens (tertiary/aromatic N) is 5. The third-order valence-corrected chi connectivity index (χ3v) is 5.57. The second-order valence-corrected chi connectivity index (χ2v) is 8.47. The molecule has 1 fully saturated rings. The van der Waals surface area contributed by atoms with Crippen LogP contribution in [0.15, 0.2) is 40.2 Å². The van der Waals surface area contributed by atoms with Crippen LogP contribution in [-0.2, 0) is 16.3 Å². The number of benzene rings is 1. The second kappa shape index (κ2) is 10.6. The van der Waals surface area contributed by atoms with E-state index < -0.39 is 30.1 Å². The van der Waals surface area contributed by atoms with Gasteiger partial charge in [-0.25, -0.2) is 18.7 Å². The molecule has 3 heterocycles. The van der Waals surface area contributed by atoms with Gasteiger partial charge in [0.15, 0.2) is 17.9 Å². The van der Waals surface area contributed by atoms with Gasteiger partial charge in [-0.2, -0.15) is 9.61 Å². The van der Waals surface area contributed by atoms with Crippen LogP contribution in [-0.4, -0.2) is 47.8 Å². The minimum atomic E-state index is -0.733. The number of carbonyl (C=O) groups excluding carboxylic acids is 1. The van der Waals surface area contributed by atoms with Crippen molar-refractivity contribution in [1.82, 2.24) is 24.1 Å². The highest BCUT2D eigenvalue weighted by Crippen LogP contribution is 2.24. The molecule has 0 saturated heterocycles. The first kappa shape index (κ1) is 26.1. The van der Waals surface area contributed by atoms with E-state index in [0.717, 1.165) is 17.4 Å². The summed E-state index contributed by atoms with van der Waals surface area (Å²) in [7, 11) is 0. The molecule has 1 saturated carbocycles. The normalized spacial score (nSPS) is 14.1. The van der Waals surface area contributed by atoms with Gasteiger partial charge in [0, 0.05) is 16.3 Å². The number of carbonyl (C=O) groups is 1.